The summed E-state index contributed by atoms with van der Waals surface area (Å²) in [4.78, 5) is 5.25. The lowest BCUT2D eigenvalue weighted by Crippen LogP contribution is -2.09. The Labute approximate surface area is 228 Å². The van der Waals surface area contributed by atoms with Crippen LogP contribution in [0, 0.1) is 0 Å². The number of ether oxygens (including phenoxy) is 1. The van der Waals surface area contributed by atoms with Gasteiger partial charge in [0, 0.05) is 21.0 Å². The fourth-order valence-corrected chi connectivity index (χ4v) is 6.28. The molecule has 2 aromatic heterocycles. The van der Waals surface area contributed by atoms with Crippen molar-refractivity contribution in [1.82, 2.24) is 9.55 Å². The van der Waals surface area contributed by atoms with Crippen molar-refractivity contribution < 1.29 is 4.74 Å². The molecule has 2 heterocycles. The normalized spacial score (nSPS) is 11.8. The zero-order valence-corrected chi connectivity index (χ0v) is 23.3. The lowest BCUT2D eigenvalue weighted by molar-refractivity contribution is 0.415. The summed E-state index contributed by atoms with van der Waals surface area (Å²) in [6.07, 6.45) is 0. The van der Waals surface area contributed by atoms with Crippen LogP contribution in [-0.2, 0) is 0 Å². The third-order valence-electron chi connectivity index (χ3n) is 7.33. The number of hydrogen-bond acceptors (Lipinski definition) is 3. The maximum absolute atomic E-state index is 5.59. The van der Waals surface area contributed by atoms with E-state index in [1.165, 1.54) is 38.0 Å². The molecule has 0 saturated carbocycles. The summed E-state index contributed by atoms with van der Waals surface area (Å²) in [5, 5.41) is 3.41. The molecular weight excluding hydrogens is 484 g/mol. The van der Waals surface area contributed by atoms with E-state index in [1.807, 2.05) is 6.07 Å². The summed E-state index contributed by atoms with van der Waals surface area (Å²) in [6, 6.07) is 30.3. The van der Waals surface area contributed by atoms with Crippen molar-refractivity contribution in [3.8, 4) is 34.0 Å². The van der Waals surface area contributed by atoms with Gasteiger partial charge in [0.15, 0.2) is 0 Å². The van der Waals surface area contributed by atoms with Crippen molar-refractivity contribution in [1.29, 1.82) is 0 Å². The molecule has 0 spiro atoms. The number of imidazole rings is 1. The summed E-state index contributed by atoms with van der Waals surface area (Å²) in [7, 11) is 1.72. The van der Waals surface area contributed by atoms with Crippen LogP contribution in [0.4, 0.5) is 0 Å². The van der Waals surface area contributed by atoms with Crippen molar-refractivity contribution in [3.05, 3.63) is 101 Å². The molecule has 0 aliphatic carbocycles. The minimum atomic E-state index is 0.333. The first-order valence-electron chi connectivity index (χ1n) is 13.2. The van der Waals surface area contributed by atoms with Crippen LogP contribution in [0.2, 0.25) is 0 Å². The Morgan fingerprint density at radius 2 is 1.45 bits per heavy atom. The van der Waals surface area contributed by atoms with Gasteiger partial charge in [-0.1, -0.05) is 70.2 Å². The molecule has 4 heteroatoms. The fraction of sp³-hybridized carbons (Fsp3) is 0.206. The summed E-state index contributed by atoms with van der Waals surface area (Å²) >= 11 is 1.75. The smallest absolute Gasteiger partial charge is 0.147 e. The SMILES string of the molecule is COc1ccc2scc(-c3nc4ccccc4n3-c3c(C(C)C)cc(-c4ccccc4)cc3C(C)C)c2c1. The van der Waals surface area contributed by atoms with Gasteiger partial charge in [0.25, 0.3) is 0 Å². The van der Waals surface area contributed by atoms with Gasteiger partial charge in [-0.3, -0.25) is 4.57 Å². The average molecular weight is 517 g/mol. The molecule has 0 aliphatic heterocycles. The number of benzene rings is 4. The van der Waals surface area contributed by atoms with Gasteiger partial charge in [-0.05, 0) is 76.6 Å². The van der Waals surface area contributed by atoms with E-state index in [2.05, 4.69) is 117 Å². The second kappa shape index (κ2) is 9.77. The lowest BCUT2D eigenvalue weighted by atomic mass is 9.88. The molecular formula is C34H32N2OS. The molecule has 0 N–H and O–H groups in total. The topological polar surface area (TPSA) is 27.1 Å². The number of aromatic nitrogens is 2. The van der Waals surface area contributed by atoms with Gasteiger partial charge in [0.1, 0.15) is 11.6 Å². The third kappa shape index (κ3) is 4.10. The second-order valence-electron chi connectivity index (χ2n) is 10.4. The highest BCUT2D eigenvalue weighted by molar-refractivity contribution is 7.17. The molecule has 0 radical (unpaired) electrons. The highest BCUT2D eigenvalue weighted by atomic mass is 32.1. The van der Waals surface area contributed by atoms with E-state index in [4.69, 9.17) is 9.72 Å². The van der Waals surface area contributed by atoms with Crippen molar-refractivity contribution in [3.63, 3.8) is 0 Å². The second-order valence-corrected chi connectivity index (χ2v) is 11.4. The largest absolute Gasteiger partial charge is 0.497 e. The standard InChI is InChI=1S/C34H32N2OS/c1-21(2)26-17-24(23-11-7-6-8-12-23)18-27(22(3)4)33(26)36-31-14-10-9-13-30(31)35-34(36)29-20-38-32-16-15-25(37-5)19-28(29)32/h6-22H,1-5H3. The lowest BCUT2D eigenvalue weighted by Gasteiger charge is -2.24. The number of fused-ring (bicyclic) bond motifs is 2. The van der Waals surface area contributed by atoms with Crippen LogP contribution >= 0.6 is 11.3 Å². The van der Waals surface area contributed by atoms with E-state index in [0.717, 1.165) is 28.2 Å². The van der Waals surface area contributed by atoms with Crippen molar-refractivity contribution in [2.45, 2.75) is 39.5 Å². The quantitative estimate of drug-likeness (QED) is 0.220. The number of hydrogen-bond donors (Lipinski definition) is 0. The molecule has 0 saturated heterocycles. The van der Waals surface area contributed by atoms with Gasteiger partial charge < -0.3 is 4.74 Å². The predicted molar refractivity (Wildman–Crippen MR) is 162 cm³/mol. The van der Waals surface area contributed by atoms with E-state index in [0.29, 0.717) is 11.8 Å². The highest BCUT2D eigenvalue weighted by Crippen LogP contribution is 2.42. The highest BCUT2D eigenvalue weighted by Gasteiger charge is 2.24. The molecule has 3 nitrogen and oxygen atoms in total. The number of para-hydroxylation sites is 2. The Morgan fingerprint density at radius 3 is 2.13 bits per heavy atom. The van der Waals surface area contributed by atoms with Gasteiger partial charge in [0.2, 0.25) is 0 Å². The number of methoxy groups -OCH3 is 1. The number of nitrogens with zero attached hydrogens (tertiary/aromatic N) is 2. The van der Waals surface area contributed by atoms with Crippen LogP contribution in [0.3, 0.4) is 0 Å². The van der Waals surface area contributed by atoms with E-state index >= 15 is 0 Å². The van der Waals surface area contributed by atoms with E-state index in [-0.39, 0.29) is 0 Å². The molecule has 38 heavy (non-hydrogen) atoms. The molecule has 4 aromatic carbocycles. The first kappa shape index (κ1) is 24.4. The molecule has 6 aromatic rings. The van der Waals surface area contributed by atoms with Crippen LogP contribution < -0.4 is 4.74 Å². The molecule has 0 fully saturated rings. The minimum absolute atomic E-state index is 0.333. The third-order valence-corrected chi connectivity index (χ3v) is 8.29. The molecule has 0 aliphatic rings. The maximum atomic E-state index is 5.59. The van der Waals surface area contributed by atoms with Crippen molar-refractivity contribution in [2.75, 3.05) is 7.11 Å². The monoisotopic (exact) mass is 516 g/mol. The fourth-order valence-electron chi connectivity index (χ4n) is 5.36. The van der Waals surface area contributed by atoms with Crippen molar-refractivity contribution in [2.24, 2.45) is 0 Å². The van der Waals surface area contributed by atoms with Crippen LogP contribution in [0.5, 0.6) is 5.75 Å². The van der Waals surface area contributed by atoms with Gasteiger partial charge in [0.05, 0.1) is 23.8 Å². The first-order chi connectivity index (χ1) is 18.5. The van der Waals surface area contributed by atoms with E-state index in [9.17, 15) is 0 Å². The maximum Gasteiger partial charge on any atom is 0.147 e. The molecule has 0 atom stereocenters. The Hall–Kier alpha value is -3.89. The van der Waals surface area contributed by atoms with Crippen LogP contribution in [0.25, 0.3) is 49.3 Å². The zero-order chi connectivity index (χ0) is 26.4. The van der Waals surface area contributed by atoms with Gasteiger partial charge in [-0.2, -0.15) is 0 Å². The van der Waals surface area contributed by atoms with Crippen LogP contribution in [-0.4, -0.2) is 16.7 Å². The molecule has 190 valence electrons. The summed E-state index contributed by atoms with van der Waals surface area (Å²) < 4.78 is 9.23. The van der Waals surface area contributed by atoms with Gasteiger partial charge >= 0.3 is 0 Å². The summed E-state index contributed by atoms with van der Waals surface area (Å²) in [5.74, 6) is 2.50. The molecule has 0 unspecified atom stereocenters. The van der Waals surface area contributed by atoms with E-state index < -0.39 is 0 Å². The Bertz CT molecular complexity index is 1730. The Balaban J connectivity index is 1.71. The Morgan fingerprint density at radius 1 is 0.763 bits per heavy atom. The van der Waals surface area contributed by atoms with Crippen molar-refractivity contribution >= 4 is 32.5 Å². The van der Waals surface area contributed by atoms with Crippen LogP contribution in [0.15, 0.2) is 90.3 Å². The molecule has 0 amide bonds. The summed E-state index contributed by atoms with van der Waals surface area (Å²) in [6.45, 7) is 9.17. The zero-order valence-electron chi connectivity index (χ0n) is 22.5. The number of rotatable bonds is 6. The minimum Gasteiger partial charge on any atom is -0.497 e. The molecule has 6 rings (SSSR count). The first-order valence-corrected chi connectivity index (χ1v) is 14.1. The molecule has 0 bridgehead atoms. The predicted octanol–water partition coefficient (Wildman–Crippen LogP) is 9.83. The van der Waals surface area contributed by atoms with Gasteiger partial charge in [-0.15, -0.1) is 11.3 Å². The van der Waals surface area contributed by atoms with Gasteiger partial charge in [-0.25, -0.2) is 4.98 Å². The Kier molecular flexibility index (Phi) is 6.29. The van der Waals surface area contributed by atoms with Crippen LogP contribution in [0.1, 0.15) is 50.7 Å². The average Bonchev–Trinajstić information content (AvgIpc) is 3.53. The number of thiophene rings is 1. The summed E-state index contributed by atoms with van der Waals surface area (Å²) in [5.41, 5.74) is 9.68. The van der Waals surface area contributed by atoms with E-state index in [1.54, 1.807) is 18.4 Å².